The summed E-state index contributed by atoms with van der Waals surface area (Å²) in [5.41, 5.74) is 0. The normalized spacial score (nSPS) is 44.4. The van der Waals surface area contributed by atoms with Gasteiger partial charge < -0.3 is 44.5 Å². The largest absolute Gasteiger partial charge is 0.459 e. The molecule has 0 aliphatic carbocycles. The van der Waals surface area contributed by atoms with Crippen LogP contribution in [0.25, 0.3) is 0 Å². The summed E-state index contributed by atoms with van der Waals surface area (Å²) in [6.45, 7) is 13.6. The summed E-state index contributed by atoms with van der Waals surface area (Å²) in [7, 11) is 1.53. The Morgan fingerprint density at radius 2 is 1.57 bits per heavy atom. The fourth-order valence-corrected chi connectivity index (χ4v) is 8.47. The van der Waals surface area contributed by atoms with E-state index in [1.54, 1.807) is 26.8 Å². The molecule has 2 saturated heterocycles. The van der Waals surface area contributed by atoms with E-state index in [0.717, 1.165) is 32.1 Å². The molecule has 0 aromatic carbocycles. The number of ether oxygens (including phenoxy) is 4. The Balaban J connectivity index is 1.90. The Morgan fingerprint density at radius 3 is 2.21 bits per heavy atom. The van der Waals surface area contributed by atoms with Gasteiger partial charge >= 0.3 is 5.97 Å². The zero-order valence-electron chi connectivity index (χ0n) is 33.9. The van der Waals surface area contributed by atoms with Crippen molar-refractivity contribution >= 4 is 5.97 Å². The van der Waals surface area contributed by atoms with E-state index in [4.69, 9.17) is 18.9 Å². The number of fused-ring (bicyclic) bond motifs is 2. The summed E-state index contributed by atoms with van der Waals surface area (Å²) in [5.74, 6) is -2.24. The predicted molar refractivity (Wildman–Crippen MR) is 207 cm³/mol. The van der Waals surface area contributed by atoms with Gasteiger partial charge in [-0.25, -0.2) is 4.79 Å². The minimum absolute atomic E-state index is 0.0321. The first-order valence-corrected chi connectivity index (χ1v) is 20.6. The lowest BCUT2D eigenvalue weighted by Gasteiger charge is -2.52. The zero-order chi connectivity index (χ0) is 39.3. The number of carbonyl (C=O) groups is 1. The molecule has 0 amide bonds. The third-order valence-corrected chi connectivity index (χ3v) is 12.5. The smallest absolute Gasteiger partial charge is 0.330 e. The first kappa shape index (κ1) is 45.8. The van der Waals surface area contributed by atoms with Crippen LogP contribution in [0.5, 0.6) is 0 Å². The summed E-state index contributed by atoms with van der Waals surface area (Å²) in [6, 6.07) is 0. The van der Waals surface area contributed by atoms with E-state index < -0.39 is 66.3 Å². The van der Waals surface area contributed by atoms with Gasteiger partial charge in [0.05, 0.1) is 48.8 Å². The van der Waals surface area contributed by atoms with Crippen LogP contribution in [-0.4, -0.2) is 99.3 Å². The molecule has 5 N–H and O–H groups in total. The molecule has 3 rings (SSSR count). The number of allylic oxidation sites excluding steroid dienone is 4. The third-order valence-electron chi connectivity index (χ3n) is 12.5. The average Bonchev–Trinajstić information content (AvgIpc) is 3.12. The highest BCUT2D eigenvalue weighted by Gasteiger charge is 2.52. The molecule has 3 aliphatic rings. The van der Waals surface area contributed by atoms with E-state index in [-0.39, 0.29) is 42.8 Å². The van der Waals surface area contributed by atoms with Gasteiger partial charge in [0.2, 0.25) is 0 Å². The van der Waals surface area contributed by atoms with Gasteiger partial charge in [-0.2, -0.15) is 0 Å². The van der Waals surface area contributed by atoms with Crippen LogP contribution in [0, 0.1) is 35.5 Å². The molecular weight excluding hydrogens is 676 g/mol. The molecule has 0 radical (unpaired) electrons. The van der Waals surface area contributed by atoms with Crippen LogP contribution < -0.4 is 0 Å². The van der Waals surface area contributed by atoms with Gasteiger partial charge in [0.15, 0.2) is 5.79 Å². The van der Waals surface area contributed by atoms with Crippen molar-refractivity contribution in [2.75, 3.05) is 7.11 Å². The Labute approximate surface area is 320 Å². The molecule has 0 unspecified atom stereocenters. The Morgan fingerprint density at radius 1 is 0.868 bits per heavy atom. The first-order chi connectivity index (χ1) is 25.1. The lowest BCUT2D eigenvalue weighted by molar-refractivity contribution is -0.349. The number of methoxy groups -OCH3 is 1. The van der Waals surface area contributed by atoms with Crippen molar-refractivity contribution in [3.8, 4) is 0 Å². The fourth-order valence-electron chi connectivity index (χ4n) is 8.47. The molecule has 53 heavy (non-hydrogen) atoms. The quantitative estimate of drug-likeness (QED) is 0.199. The van der Waals surface area contributed by atoms with Gasteiger partial charge in [-0.05, 0) is 83.0 Å². The molecule has 2 bridgehead atoms. The molecule has 3 aliphatic heterocycles. The number of rotatable bonds is 5. The van der Waals surface area contributed by atoms with E-state index >= 15 is 0 Å². The van der Waals surface area contributed by atoms with Gasteiger partial charge in [0.1, 0.15) is 6.10 Å². The molecule has 0 aromatic rings. The number of carbonyl (C=O) groups excluding carboxylic acids is 1. The number of hydrogen-bond acceptors (Lipinski definition) is 10. The van der Waals surface area contributed by atoms with E-state index in [1.165, 1.54) is 13.2 Å². The van der Waals surface area contributed by atoms with Crippen molar-refractivity contribution in [1.82, 2.24) is 0 Å². The maximum absolute atomic E-state index is 13.5. The summed E-state index contributed by atoms with van der Waals surface area (Å²) in [4.78, 5) is 13.5. The second-order valence-electron chi connectivity index (χ2n) is 16.7. The number of esters is 1. The minimum atomic E-state index is -0.952. The molecule has 1 spiro atoms. The van der Waals surface area contributed by atoms with Crippen molar-refractivity contribution < 1.29 is 49.3 Å². The summed E-state index contributed by atoms with van der Waals surface area (Å²) >= 11 is 0. The predicted octanol–water partition coefficient (Wildman–Crippen LogP) is 6.41. The van der Waals surface area contributed by atoms with Gasteiger partial charge in [-0.1, -0.05) is 71.9 Å². The highest BCUT2D eigenvalue weighted by Crippen LogP contribution is 2.46. The molecule has 10 heteroatoms. The van der Waals surface area contributed by atoms with Crippen molar-refractivity contribution in [3.05, 3.63) is 36.5 Å². The molecule has 2 fully saturated rings. The summed E-state index contributed by atoms with van der Waals surface area (Å²) in [5, 5.41) is 54.3. The molecule has 10 nitrogen and oxygen atoms in total. The zero-order valence-corrected chi connectivity index (χ0v) is 33.9. The van der Waals surface area contributed by atoms with Gasteiger partial charge in [0.25, 0.3) is 0 Å². The Kier molecular flexibility index (Phi) is 19.2. The summed E-state index contributed by atoms with van der Waals surface area (Å²) < 4.78 is 25.6. The van der Waals surface area contributed by atoms with Crippen LogP contribution in [0.1, 0.15) is 126 Å². The molecule has 16 atom stereocenters. The van der Waals surface area contributed by atoms with Gasteiger partial charge in [-0.3, -0.25) is 0 Å². The third kappa shape index (κ3) is 13.8. The van der Waals surface area contributed by atoms with Crippen molar-refractivity contribution in [2.45, 2.75) is 186 Å². The molecule has 3 heterocycles. The van der Waals surface area contributed by atoms with E-state index in [2.05, 4.69) is 32.9 Å². The Bertz CT molecular complexity index is 1160. The van der Waals surface area contributed by atoms with Crippen LogP contribution in [0.4, 0.5) is 0 Å². The first-order valence-electron chi connectivity index (χ1n) is 20.6. The minimum Gasteiger partial charge on any atom is -0.459 e. The average molecular weight is 751 g/mol. The number of hydrogen-bond donors (Lipinski definition) is 5. The van der Waals surface area contributed by atoms with Gasteiger partial charge in [0, 0.05) is 49.7 Å². The second-order valence-corrected chi connectivity index (χ2v) is 16.7. The highest BCUT2D eigenvalue weighted by atomic mass is 16.7. The lowest BCUT2D eigenvalue weighted by atomic mass is 9.78. The number of aliphatic hydroxyl groups excluding tert-OH is 5. The van der Waals surface area contributed by atoms with Crippen molar-refractivity contribution in [1.29, 1.82) is 0 Å². The maximum atomic E-state index is 13.5. The van der Waals surface area contributed by atoms with E-state index in [9.17, 15) is 30.3 Å². The summed E-state index contributed by atoms with van der Waals surface area (Å²) in [6.07, 6.45) is 13.7. The van der Waals surface area contributed by atoms with Crippen LogP contribution in [-0.2, 0) is 23.7 Å². The van der Waals surface area contributed by atoms with E-state index in [0.29, 0.717) is 38.0 Å². The monoisotopic (exact) mass is 751 g/mol. The lowest BCUT2D eigenvalue weighted by Crippen LogP contribution is -2.57. The Hall–Kier alpha value is -1.63. The molecule has 0 aromatic heterocycles. The van der Waals surface area contributed by atoms with Gasteiger partial charge in [-0.15, -0.1) is 0 Å². The van der Waals surface area contributed by atoms with Crippen LogP contribution in [0.2, 0.25) is 0 Å². The molecule has 0 saturated carbocycles. The van der Waals surface area contributed by atoms with Crippen LogP contribution >= 0.6 is 0 Å². The fraction of sp³-hybridized carbons (Fsp3) is 0.837. The molecular formula is C43H74O10. The topological polar surface area (TPSA) is 155 Å². The maximum Gasteiger partial charge on any atom is 0.330 e. The second kappa shape index (κ2) is 22.2. The van der Waals surface area contributed by atoms with Crippen molar-refractivity contribution in [2.24, 2.45) is 35.5 Å². The van der Waals surface area contributed by atoms with Crippen molar-refractivity contribution in [3.63, 3.8) is 0 Å². The molecule has 306 valence electrons. The number of aliphatic hydroxyl groups is 5. The van der Waals surface area contributed by atoms with Crippen LogP contribution in [0.3, 0.4) is 0 Å². The standard InChI is InChI=1S/C43H74O10/c1-9-32-15-13-11-12-14-16-35(45)30(6)36(46)24-33(50-8)25-37(47)31(7)42(49)28(4)17-20-41(48)51-40-26-43(52-38(19-18-32)34(40)10-2)22-21-27(3)39(53-43)23-29(5)44/h11-13,15,17,20,27-40,42,44-47,49H,9-10,14,16,18-19,21-26H2,1-8H3/b12-11-,15-13-,20-17-/t27-,28-,29+,30+,31-,32-,33+,34+,35+,36-,37+,38-,39-,40-,42+,43-/m0/s1. The van der Waals surface area contributed by atoms with E-state index in [1.807, 2.05) is 19.1 Å². The SMILES string of the molecule is CC[C@H]1/C=C\C=C/CC[C@@H](O)[C@@H](C)[C@@H](O)C[C@@H](OC)C[C@@H](O)[C@H](C)[C@H](O)[C@@H](C)/C=C\C(=O)O[C@H]2C[C@@]3(CC[C@H](C)[C@H](C[C@@H](C)O)O3)O[C@@H](CC1)[C@H]2CC. The highest BCUT2D eigenvalue weighted by molar-refractivity contribution is 5.82. The van der Waals surface area contributed by atoms with Crippen LogP contribution in [0.15, 0.2) is 36.5 Å².